The molecule has 0 fully saturated rings. The van der Waals surface area contributed by atoms with E-state index in [9.17, 15) is 4.79 Å². The van der Waals surface area contributed by atoms with E-state index in [1.54, 1.807) is 17.5 Å². The lowest BCUT2D eigenvalue weighted by Gasteiger charge is -2.27. The van der Waals surface area contributed by atoms with Gasteiger partial charge in [-0.1, -0.05) is 0 Å². The zero-order chi connectivity index (χ0) is 12.5. The lowest BCUT2D eigenvalue weighted by Crippen LogP contribution is -2.35. The molecule has 4 heteroatoms. The zero-order valence-electron chi connectivity index (χ0n) is 10.2. The van der Waals surface area contributed by atoms with Crippen LogP contribution in [0.4, 0.5) is 0 Å². The molecule has 0 saturated carbocycles. The van der Waals surface area contributed by atoms with Gasteiger partial charge in [0.25, 0.3) is 5.91 Å². The Morgan fingerprint density at radius 1 is 1.39 bits per heavy atom. The van der Waals surface area contributed by atoms with Crippen LogP contribution < -0.4 is 0 Å². The summed E-state index contributed by atoms with van der Waals surface area (Å²) < 4.78 is 0. The fourth-order valence-corrected chi connectivity index (χ4v) is 3.09. The first-order valence-corrected chi connectivity index (χ1v) is 6.89. The molecule has 0 aromatic carbocycles. The number of amides is 1. The van der Waals surface area contributed by atoms with Crippen molar-refractivity contribution in [1.29, 1.82) is 0 Å². The lowest BCUT2D eigenvalue weighted by molar-refractivity contribution is 0.0735. The minimum atomic E-state index is 0.0827. The van der Waals surface area contributed by atoms with Crippen molar-refractivity contribution in [1.82, 2.24) is 9.88 Å². The van der Waals surface area contributed by atoms with Crippen molar-refractivity contribution in [3.8, 4) is 0 Å². The third kappa shape index (κ3) is 2.04. The van der Waals surface area contributed by atoms with E-state index in [1.807, 2.05) is 24.0 Å². The Bertz CT molecular complexity index is 574. The summed E-state index contributed by atoms with van der Waals surface area (Å²) in [5.74, 6) is 0.0827. The molecule has 0 bridgehead atoms. The molecular weight excluding hydrogens is 244 g/mol. The van der Waals surface area contributed by atoms with E-state index in [0.29, 0.717) is 5.56 Å². The standard InChI is InChI=1S/C14H14N2OS/c1-10-2-3-11(8-15-10)14(17)16-6-4-13-12(9-16)5-7-18-13/h2-3,5,7-8H,4,6,9H2,1H3. The average molecular weight is 258 g/mol. The fourth-order valence-electron chi connectivity index (χ4n) is 2.20. The molecule has 0 N–H and O–H groups in total. The van der Waals surface area contributed by atoms with E-state index in [2.05, 4.69) is 16.4 Å². The first kappa shape index (κ1) is 11.4. The van der Waals surface area contributed by atoms with Gasteiger partial charge in [-0.3, -0.25) is 9.78 Å². The van der Waals surface area contributed by atoms with Gasteiger partial charge in [-0.15, -0.1) is 11.3 Å². The zero-order valence-corrected chi connectivity index (χ0v) is 11.0. The van der Waals surface area contributed by atoms with Gasteiger partial charge in [-0.05, 0) is 42.5 Å². The minimum absolute atomic E-state index is 0.0827. The normalized spacial score (nSPS) is 14.4. The Morgan fingerprint density at radius 3 is 3.06 bits per heavy atom. The number of nitrogens with zero attached hydrogens (tertiary/aromatic N) is 2. The molecule has 1 amide bonds. The summed E-state index contributed by atoms with van der Waals surface area (Å²) in [5, 5.41) is 2.10. The van der Waals surface area contributed by atoms with E-state index < -0.39 is 0 Å². The van der Waals surface area contributed by atoms with E-state index >= 15 is 0 Å². The third-order valence-corrected chi connectivity index (χ3v) is 4.28. The van der Waals surface area contributed by atoms with Crippen molar-refractivity contribution in [2.45, 2.75) is 19.9 Å². The summed E-state index contributed by atoms with van der Waals surface area (Å²) in [7, 11) is 0. The number of fused-ring (bicyclic) bond motifs is 1. The van der Waals surface area contributed by atoms with Crippen LogP contribution in [0, 0.1) is 6.92 Å². The van der Waals surface area contributed by atoms with Crippen LogP contribution >= 0.6 is 11.3 Å². The van der Waals surface area contributed by atoms with Gasteiger partial charge in [0.2, 0.25) is 0 Å². The highest BCUT2D eigenvalue weighted by molar-refractivity contribution is 7.10. The van der Waals surface area contributed by atoms with E-state index in [4.69, 9.17) is 0 Å². The Balaban J connectivity index is 1.80. The number of pyridine rings is 1. The molecular formula is C14H14N2OS. The molecule has 0 aliphatic carbocycles. The molecule has 0 atom stereocenters. The van der Waals surface area contributed by atoms with E-state index in [-0.39, 0.29) is 5.91 Å². The molecule has 3 heterocycles. The maximum Gasteiger partial charge on any atom is 0.255 e. The molecule has 0 unspecified atom stereocenters. The summed E-state index contributed by atoms with van der Waals surface area (Å²) in [6, 6.07) is 5.85. The van der Waals surface area contributed by atoms with E-state index in [1.165, 1.54) is 10.4 Å². The van der Waals surface area contributed by atoms with Gasteiger partial charge in [0, 0.05) is 29.9 Å². The topological polar surface area (TPSA) is 33.2 Å². The highest BCUT2D eigenvalue weighted by Gasteiger charge is 2.22. The summed E-state index contributed by atoms with van der Waals surface area (Å²) in [5.41, 5.74) is 2.91. The van der Waals surface area contributed by atoms with Gasteiger partial charge < -0.3 is 4.90 Å². The summed E-state index contributed by atoms with van der Waals surface area (Å²) in [6.45, 7) is 3.46. The van der Waals surface area contributed by atoms with Gasteiger partial charge in [0.15, 0.2) is 0 Å². The maximum atomic E-state index is 12.3. The van der Waals surface area contributed by atoms with Crippen LogP contribution in [0.3, 0.4) is 0 Å². The fraction of sp³-hybridized carbons (Fsp3) is 0.286. The summed E-state index contributed by atoms with van der Waals surface area (Å²) >= 11 is 1.79. The van der Waals surface area contributed by atoms with Crippen LogP contribution in [0.5, 0.6) is 0 Å². The van der Waals surface area contributed by atoms with Crippen molar-refractivity contribution in [3.63, 3.8) is 0 Å². The van der Waals surface area contributed by atoms with Crippen LogP contribution in [-0.4, -0.2) is 22.3 Å². The quantitative estimate of drug-likeness (QED) is 0.788. The number of carbonyl (C=O) groups is 1. The smallest absolute Gasteiger partial charge is 0.255 e. The lowest BCUT2D eigenvalue weighted by atomic mass is 10.1. The Hall–Kier alpha value is -1.68. The molecule has 1 aliphatic rings. The molecule has 3 rings (SSSR count). The van der Waals surface area contributed by atoms with Crippen molar-refractivity contribution in [2.24, 2.45) is 0 Å². The van der Waals surface area contributed by atoms with Crippen molar-refractivity contribution < 1.29 is 4.79 Å². The largest absolute Gasteiger partial charge is 0.334 e. The SMILES string of the molecule is Cc1ccc(C(=O)N2CCc3sccc3C2)cn1. The van der Waals surface area contributed by atoms with Gasteiger partial charge in [0.05, 0.1) is 5.56 Å². The molecule has 92 valence electrons. The number of thiophene rings is 1. The Kier molecular flexibility index (Phi) is 2.88. The summed E-state index contributed by atoms with van der Waals surface area (Å²) in [6.07, 6.45) is 2.64. The first-order chi connectivity index (χ1) is 8.74. The Labute approximate surface area is 110 Å². The van der Waals surface area contributed by atoms with Gasteiger partial charge >= 0.3 is 0 Å². The second kappa shape index (κ2) is 4.53. The number of aromatic nitrogens is 1. The molecule has 3 nitrogen and oxygen atoms in total. The molecule has 1 aliphatic heterocycles. The summed E-state index contributed by atoms with van der Waals surface area (Å²) in [4.78, 5) is 19.8. The van der Waals surface area contributed by atoms with Crippen molar-refractivity contribution >= 4 is 17.2 Å². The second-order valence-corrected chi connectivity index (χ2v) is 5.53. The van der Waals surface area contributed by atoms with Crippen LogP contribution in [0.25, 0.3) is 0 Å². The highest BCUT2D eigenvalue weighted by Crippen LogP contribution is 2.24. The molecule has 0 spiro atoms. The predicted molar refractivity (Wildman–Crippen MR) is 71.7 cm³/mol. The monoisotopic (exact) mass is 258 g/mol. The Morgan fingerprint density at radius 2 is 2.28 bits per heavy atom. The van der Waals surface area contributed by atoms with Crippen molar-refractivity contribution in [2.75, 3.05) is 6.54 Å². The maximum absolute atomic E-state index is 12.3. The molecule has 2 aromatic heterocycles. The number of hydrogen-bond donors (Lipinski definition) is 0. The third-order valence-electron chi connectivity index (χ3n) is 3.25. The van der Waals surface area contributed by atoms with Gasteiger partial charge in [-0.2, -0.15) is 0 Å². The van der Waals surface area contributed by atoms with E-state index in [0.717, 1.165) is 25.2 Å². The van der Waals surface area contributed by atoms with Crippen molar-refractivity contribution in [3.05, 3.63) is 51.5 Å². The first-order valence-electron chi connectivity index (χ1n) is 6.01. The number of carbonyl (C=O) groups excluding carboxylic acids is 1. The second-order valence-electron chi connectivity index (χ2n) is 4.53. The number of aryl methyl sites for hydroxylation is 1. The van der Waals surface area contributed by atoms with Crippen LogP contribution in [0.15, 0.2) is 29.8 Å². The minimum Gasteiger partial charge on any atom is -0.334 e. The van der Waals surface area contributed by atoms with Crippen LogP contribution in [0.2, 0.25) is 0 Å². The van der Waals surface area contributed by atoms with Gasteiger partial charge in [-0.25, -0.2) is 0 Å². The number of rotatable bonds is 1. The molecule has 0 saturated heterocycles. The highest BCUT2D eigenvalue weighted by atomic mass is 32.1. The van der Waals surface area contributed by atoms with Crippen LogP contribution in [0.1, 0.15) is 26.5 Å². The number of hydrogen-bond acceptors (Lipinski definition) is 3. The predicted octanol–water partition coefficient (Wildman–Crippen LogP) is 2.65. The van der Waals surface area contributed by atoms with Gasteiger partial charge in [0.1, 0.15) is 0 Å². The van der Waals surface area contributed by atoms with Crippen LogP contribution in [-0.2, 0) is 13.0 Å². The molecule has 18 heavy (non-hydrogen) atoms. The molecule has 0 radical (unpaired) electrons. The average Bonchev–Trinajstić information content (AvgIpc) is 2.86. The molecule has 2 aromatic rings.